The number of hydrogen-bond donors (Lipinski definition) is 0. The Morgan fingerprint density at radius 1 is 0.833 bits per heavy atom. The molecule has 0 atom stereocenters. The molecule has 0 aromatic heterocycles. The molecule has 0 aliphatic rings. The zero-order chi connectivity index (χ0) is 17.7. The Hall–Kier alpha value is -2.29. The topological polar surface area (TPSA) is 30.8 Å². The lowest BCUT2D eigenvalue weighted by atomic mass is 9.93. The van der Waals surface area contributed by atoms with Crippen molar-refractivity contribution < 1.29 is 9.47 Å². The summed E-state index contributed by atoms with van der Waals surface area (Å²) in [6.07, 6.45) is 1.89. The number of aliphatic imine (C=N–C) groups is 1. The molecule has 0 saturated heterocycles. The number of methoxy groups -OCH3 is 2. The van der Waals surface area contributed by atoms with Gasteiger partial charge in [-0.25, -0.2) is 0 Å². The molecule has 2 rings (SSSR count). The molecule has 2 aromatic carbocycles. The monoisotopic (exact) mass is 325 g/mol. The summed E-state index contributed by atoms with van der Waals surface area (Å²) in [4.78, 5) is 4.83. The highest BCUT2D eigenvalue weighted by molar-refractivity contribution is 5.84. The highest BCUT2D eigenvalue weighted by Gasteiger charge is 2.12. The third-order valence-corrected chi connectivity index (χ3v) is 4.06. The van der Waals surface area contributed by atoms with Crippen LogP contribution in [-0.4, -0.2) is 20.4 Å². The molecule has 0 aliphatic heterocycles. The summed E-state index contributed by atoms with van der Waals surface area (Å²) in [5.41, 5.74) is 4.57. The van der Waals surface area contributed by atoms with Crippen molar-refractivity contribution in [1.29, 1.82) is 0 Å². The van der Waals surface area contributed by atoms with Crippen molar-refractivity contribution >= 4 is 11.9 Å². The predicted octanol–water partition coefficient (Wildman–Crippen LogP) is 5.70. The molecule has 0 unspecified atom stereocenters. The van der Waals surface area contributed by atoms with Crippen LogP contribution >= 0.6 is 0 Å². The molecule has 3 heteroatoms. The fraction of sp³-hybridized carbons (Fsp3) is 0.381. The van der Waals surface area contributed by atoms with Crippen LogP contribution in [0.15, 0.2) is 41.4 Å². The van der Waals surface area contributed by atoms with Gasteiger partial charge in [-0.2, -0.15) is 0 Å². The second-order valence-corrected chi connectivity index (χ2v) is 6.50. The minimum atomic E-state index is 0.427. The first kappa shape index (κ1) is 18.1. The Morgan fingerprint density at radius 3 is 1.75 bits per heavy atom. The summed E-state index contributed by atoms with van der Waals surface area (Å²) >= 11 is 0. The van der Waals surface area contributed by atoms with E-state index in [1.165, 1.54) is 11.1 Å². The summed E-state index contributed by atoms with van der Waals surface area (Å²) in [6, 6.07) is 12.2. The van der Waals surface area contributed by atoms with Crippen molar-refractivity contribution in [1.82, 2.24) is 0 Å². The molecule has 128 valence electrons. The summed E-state index contributed by atoms with van der Waals surface area (Å²) < 4.78 is 10.7. The smallest absolute Gasteiger partial charge is 0.123 e. The van der Waals surface area contributed by atoms with Crippen molar-refractivity contribution in [3.05, 3.63) is 53.1 Å². The molecule has 0 radical (unpaired) electrons. The zero-order valence-corrected chi connectivity index (χ0v) is 15.5. The average Bonchev–Trinajstić information content (AvgIpc) is 2.58. The van der Waals surface area contributed by atoms with Crippen LogP contribution in [0.2, 0.25) is 0 Å². The normalized spacial score (nSPS) is 11.5. The first-order chi connectivity index (χ1) is 11.5. The Balaban J connectivity index is 2.48. The molecule has 0 bridgehead atoms. The van der Waals surface area contributed by atoms with E-state index in [1.54, 1.807) is 14.2 Å². The fourth-order valence-electron chi connectivity index (χ4n) is 2.70. The van der Waals surface area contributed by atoms with Gasteiger partial charge in [0.25, 0.3) is 0 Å². The standard InChI is InChI=1S/C21H27NO2/c1-14(2)19-8-7-9-20(15(3)4)21(19)22-13-16-10-17(23-5)12-18(11-16)24-6/h7-15H,1-6H3. The Labute approximate surface area is 145 Å². The maximum atomic E-state index is 5.33. The summed E-state index contributed by atoms with van der Waals surface area (Å²) in [7, 11) is 3.31. The van der Waals surface area contributed by atoms with Crippen molar-refractivity contribution in [3.8, 4) is 11.5 Å². The molecule has 0 N–H and O–H groups in total. The van der Waals surface area contributed by atoms with Crippen LogP contribution in [0.25, 0.3) is 0 Å². The van der Waals surface area contributed by atoms with Gasteiger partial charge in [-0.3, -0.25) is 4.99 Å². The van der Waals surface area contributed by atoms with Gasteiger partial charge in [-0.15, -0.1) is 0 Å². The van der Waals surface area contributed by atoms with Crippen molar-refractivity contribution in [2.45, 2.75) is 39.5 Å². The van der Waals surface area contributed by atoms with E-state index in [1.807, 2.05) is 24.4 Å². The molecule has 0 aliphatic carbocycles. The molecular weight excluding hydrogens is 298 g/mol. The average molecular weight is 325 g/mol. The summed E-state index contributed by atoms with van der Waals surface area (Å²) in [5, 5.41) is 0. The van der Waals surface area contributed by atoms with Crippen LogP contribution < -0.4 is 9.47 Å². The molecule has 24 heavy (non-hydrogen) atoms. The third kappa shape index (κ3) is 4.16. The third-order valence-electron chi connectivity index (χ3n) is 4.06. The fourth-order valence-corrected chi connectivity index (χ4v) is 2.70. The van der Waals surface area contributed by atoms with E-state index >= 15 is 0 Å². The van der Waals surface area contributed by atoms with Crippen LogP contribution in [0, 0.1) is 0 Å². The van der Waals surface area contributed by atoms with Gasteiger partial charge >= 0.3 is 0 Å². The molecule has 0 spiro atoms. The lowest BCUT2D eigenvalue weighted by Crippen LogP contribution is -1.96. The summed E-state index contributed by atoms with van der Waals surface area (Å²) in [5.74, 6) is 2.38. The number of rotatable bonds is 6. The van der Waals surface area contributed by atoms with Gasteiger partial charge in [0.15, 0.2) is 0 Å². The van der Waals surface area contributed by atoms with Crippen LogP contribution in [0.4, 0.5) is 5.69 Å². The van der Waals surface area contributed by atoms with Crippen LogP contribution in [0.3, 0.4) is 0 Å². The SMILES string of the molecule is COc1cc(C=Nc2c(C(C)C)cccc2C(C)C)cc(OC)c1. The van der Waals surface area contributed by atoms with Gasteiger partial charge in [0, 0.05) is 17.8 Å². The van der Waals surface area contributed by atoms with Crippen molar-refractivity contribution in [2.24, 2.45) is 4.99 Å². The van der Waals surface area contributed by atoms with Gasteiger partial charge < -0.3 is 9.47 Å². The molecule has 0 amide bonds. The van der Waals surface area contributed by atoms with Crippen molar-refractivity contribution in [2.75, 3.05) is 14.2 Å². The highest BCUT2D eigenvalue weighted by Crippen LogP contribution is 2.34. The highest BCUT2D eigenvalue weighted by atomic mass is 16.5. The van der Waals surface area contributed by atoms with E-state index in [0.29, 0.717) is 11.8 Å². The zero-order valence-electron chi connectivity index (χ0n) is 15.5. The lowest BCUT2D eigenvalue weighted by molar-refractivity contribution is 0.394. The van der Waals surface area contributed by atoms with Gasteiger partial charge in [0.2, 0.25) is 0 Å². The van der Waals surface area contributed by atoms with Crippen LogP contribution in [-0.2, 0) is 0 Å². The van der Waals surface area contributed by atoms with Gasteiger partial charge in [-0.1, -0.05) is 45.9 Å². The molecule has 0 heterocycles. The molecular formula is C21H27NO2. The number of ether oxygens (including phenoxy) is 2. The van der Waals surface area contributed by atoms with Crippen molar-refractivity contribution in [3.63, 3.8) is 0 Å². The van der Waals surface area contributed by atoms with E-state index in [9.17, 15) is 0 Å². The maximum absolute atomic E-state index is 5.33. The van der Waals surface area contributed by atoms with E-state index < -0.39 is 0 Å². The lowest BCUT2D eigenvalue weighted by Gasteiger charge is -2.16. The largest absolute Gasteiger partial charge is 0.497 e. The van der Waals surface area contributed by atoms with Gasteiger partial charge in [0.05, 0.1) is 19.9 Å². The Morgan fingerprint density at radius 2 is 1.33 bits per heavy atom. The van der Waals surface area contributed by atoms with E-state index in [0.717, 1.165) is 22.7 Å². The second kappa shape index (κ2) is 8.00. The molecule has 0 fully saturated rings. The number of nitrogens with zero attached hydrogens (tertiary/aromatic N) is 1. The second-order valence-electron chi connectivity index (χ2n) is 6.50. The molecule has 3 nitrogen and oxygen atoms in total. The quantitative estimate of drug-likeness (QED) is 0.638. The molecule has 2 aromatic rings. The summed E-state index contributed by atoms with van der Waals surface area (Å²) in [6.45, 7) is 8.81. The van der Waals surface area contributed by atoms with Gasteiger partial charge in [0.1, 0.15) is 11.5 Å². The minimum absolute atomic E-state index is 0.427. The number of para-hydroxylation sites is 1. The van der Waals surface area contributed by atoms with Crippen LogP contribution in [0.5, 0.6) is 11.5 Å². The predicted molar refractivity (Wildman–Crippen MR) is 101 cm³/mol. The van der Waals surface area contributed by atoms with E-state index in [2.05, 4.69) is 45.9 Å². The van der Waals surface area contributed by atoms with Crippen LogP contribution in [0.1, 0.15) is 56.2 Å². The minimum Gasteiger partial charge on any atom is -0.497 e. The number of hydrogen-bond acceptors (Lipinski definition) is 3. The first-order valence-corrected chi connectivity index (χ1v) is 8.36. The Bertz CT molecular complexity index is 669. The molecule has 0 saturated carbocycles. The maximum Gasteiger partial charge on any atom is 0.123 e. The first-order valence-electron chi connectivity index (χ1n) is 8.36. The Kier molecular flexibility index (Phi) is 6.02. The number of benzene rings is 2. The van der Waals surface area contributed by atoms with E-state index in [4.69, 9.17) is 14.5 Å². The van der Waals surface area contributed by atoms with Gasteiger partial charge in [-0.05, 0) is 35.1 Å². The van der Waals surface area contributed by atoms with E-state index in [-0.39, 0.29) is 0 Å².